The van der Waals surface area contributed by atoms with E-state index in [0.717, 1.165) is 10.1 Å². The Bertz CT molecular complexity index is 664. The van der Waals surface area contributed by atoms with Crippen LogP contribution in [0.25, 0.3) is 10.1 Å². The fourth-order valence-electron chi connectivity index (χ4n) is 1.71. The predicted octanol–water partition coefficient (Wildman–Crippen LogP) is 3.17. The second-order valence-corrected chi connectivity index (χ2v) is 5.31. The van der Waals surface area contributed by atoms with Crippen LogP contribution >= 0.6 is 22.7 Å². The van der Waals surface area contributed by atoms with E-state index in [2.05, 4.69) is 11.4 Å². The van der Waals surface area contributed by atoms with E-state index >= 15 is 0 Å². The Hall–Kier alpha value is -1.39. The molecule has 0 amide bonds. The summed E-state index contributed by atoms with van der Waals surface area (Å²) in [7, 11) is 0. The average Bonchev–Trinajstić information content (AvgIpc) is 2.93. The number of hydrogen-bond acceptors (Lipinski definition) is 3. The lowest BCUT2D eigenvalue weighted by Crippen LogP contribution is -2.19. The zero-order valence-corrected chi connectivity index (χ0v) is 10.1. The van der Waals surface area contributed by atoms with E-state index < -0.39 is 0 Å². The molecule has 0 bridgehead atoms. The molecule has 3 heterocycles. The van der Waals surface area contributed by atoms with Crippen LogP contribution in [-0.2, 0) is 6.54 Å². The average molecular weight is 247 g/mol. The SMILES string of the molecule is O=c1c2ccsc2ccn1Cc1ccsc1. The van der Waals surface area contributed by atoms with Crippen molar-refractivity contribution in [2.45, 2.75) is 6.54 Å². The third-order valence-electron chi connectivity index (χ3n) is 2.53. The summed E-state index contributed by atoms with van der Waals surface area (Å²) in [5.41, 5.74) is 1.28. The van der Waals surface area contributed by atoms with Gasteiger partial charge in [-0.15, -0.1) is 11.3 Å². The number of thiophene rings is 2. The summed E-state index contributed by atoms with van der Waals surface area (Å²) in [5.74, 6) is 0. The molecule has 0 aliphatic heterocycles. The van der Waals surface area contributed by atoms with Gasteiger partial charge in [-0.3, -0.25) is 4.79 Å². The Balaban J connectivity index is 2.10. The number of aromatic nitrogens is 1. The minimum Gasteiger partial charge on any atom is -0.310 e. The second-order valence-electron chi connectivity index (χ2n) is 3.58. The van der Waals surface area contributed by atoms with Crippen molar-refractivity contribution in [3.05, 3.63) is 56.5 Å². The standard InChI is InChI=1S/C12H9NOS2/c14-12-10-3-6-16-11(10)1-4-13(12)7-9-2-5-15-8-9/h1-6,8H,7H2. The molecule has 3 rings (SSSR count). The van der Waals surface area contributed by atoms with Gasteiger partial charge in [0.2, 0.25) is 0 Å². The third kappa shape index (κ3) is 1.60. The van der Waals surface area contributed by atoms with Crippen LogP contribution in [0.3, 0.4) is 0 Å². The molecule has 0 saturated heterocycles. The first-order chi connectivity index (χ1) is 7.84. The predicted molar refractivity (Wildman–Crippen MR) is 69.5 cm³/mol. The van der Waals surface area contributed by atoms with Gasteiger partial charge in [-0.05, 0) is 39.9 Å². The van der Waals surface area contributed by atoms with Gasteiger partial charge in [0.15, 0.2) is 0 Å². The van der Waals surface area contributed by atoms with Crippen LogP contribution in [0.2, 0.25) is 0 Å². The van der Waals surface area contributed by atoms with Gasteiger partial charge in [0.25, 0.3) is 5.56 Å². The first-order valence-electron chi connectivity index (χ1n) is 4.92. The number of hydrogen-bond donors (Lipinski definition) is 0. The van der Waals surface area contributed by atoms with Gasteiger partial charge < -0.3 is 4.57 Å². The Morgan fingerprint density at radius 3 is 2.94 bits per heavy atom. The summed E-state index contributed by atoms with van der Waals surface area (Å²) < 4.78 is 2.82. The fraction of sp³-hybridized carbons (Fsp3) is 0.0833. The minimum atomic E-state index is 0.102. The highest BCUT2D eigenvalue weighted by Crippen LogP contribution is 2.16. The number of fused-ring (bicyclic) bond motifs is 1. The lowest BCUT2D eigenvalue weighted by molar-refractivity contribution is 0.771. The molecule has 0 saturated carbocycles. The molecular formula is C12H9NOS2. The molecule has 0 atom stereocenters. The van der Waals surface area contributed by atoms with Gasteiger partial charge in [-0.25, -0.2) is 0 Å². The summed E-state index contributed by atoms with van der Waals surface area (Å²) in [5, 5.41) is 6.89. The highest BCUT2D eigenvalue weighted by Gasteiger charge is 2.04. The van der Waals surface area contributed by atoms with E-state index in [-0.39, 0.29) is 5.56 Å². The van der Waals surface area contributed by atoms with E-state index in [1.807, 2.05) is 29.1 Å². The van der Waals surface area contributed by atoms with Crippen LogP contribution in [0.1, 0.15) is 5.56 Å². The second kappa shape index (κ2) is 3.88. The highest BCUT2D eigenvalue weighted by molar-refractivity contribution is 7.17. The molecule has 16 heavy (non-hydrogen) atoms. The Morgan fingerprint density at radius 2 is 2.12 bits per heavy atom. The molecular weight excluding hydrogens is 238 g/mol. The number of rotatable bonds is 2. The molecule has 0 unspecified atom stereocenters. The van der Waals surface area contributed by atoms with Gasteiger partial charge in [-0.2, -0.15) is 11.3 Å². The topological polar surface area (TPSA) is 22.0 Å². The summed E-state index contributed by atoms with van der Waals surface area (Å²) in [4.78, 5) is 12.1. The third-order valence-corrected chi connectivity index (χ3v) is 4.14. The van der Waals surface area contributed by atoms with Crippen molar-refractivity contribution in [3.63, 3.8) is 0 Å². The zero-order valence-electron chi connectivity index (χ0n) is 8.42. The molecule has 0 fully saturated rings. The van der Waals surface area contributed by atoms with E-state index in [1.165, 1.54) is 5.56 Å². The Kier molecular flexibility index (Phi) is 2.38. The van der Waals surface area contributed by atoms with E-state index in [0.29, 0.717) is 6.54 Å². The monoisotopic (exact) mass is 247 g/mol. The number of nitrogens with zero attached hydrogens (tertiary/aromatic N) is 1. The number of pyridine rings is 1. The lowest BCUT2D eigenvalue weighted by atomic mass is 10.3. The van der Waals surface area contributed by atoms with Gasteiger partial charge in [0, 0.05) is 10.9 Å². The summed E-state index contributed by atoms with van der Waals surface area (Å²) in [6.45, 7) is 0.661. The maximum Gasteiger partial charge on any atom is 0.259 e. The van der Waals surface area contributed by atoms with Gasteiger partial charge in [-0.1, -0.05) is 0 Å². The maximum atomic E-state index is 12.1. The normalized spacial score (nSPS) is 11.0. The largest absolute Gasteiger partial charge is 0.310 e. The molecule has 0 aromatic carbocycles. The minimum absolute atomic E-state index is 0.102. The van der Waals surface area contributed by atoms with Crippen molar-refractivity contribution in [2.75, 3.05) is 0 Å². The van der Waals surface area contributed by atoms with E-state index in [1.54, 1.807) is 27.2 Å². The van der Waals surface area contributed by atoms with Crippen molar-refractivity contribution < 1.29 is 0 Å². The van der Waals surface area contributed by atoms with Crippen molar-refractivity contribution in [1.29, 1.82) is 0 Å². The molecule has 3 aromatic heterocycles. The first kappa shape index (κ1) is 9.81. The smallest absolute Gasteiger partial charge is 0.259 e. The Labute approximate surface area is 100 Å². The van der Waals surface area contributed by atoms with Crippen LogP contribution in [0, 0.1) is 0 Å². The van der Waals surface area contributed by atoms with Gasteiger partial charge >= 0.3 is 0 Å². The van der Waals surface area contributed by atoms with Crippen molar-refractivity contribution in [1.82, 2.24) is 4.57 Å². The summed E-state index contributed by atoms with van der Waals surface area (Å²) in [6.07, 6.45) is 1.87. The van der Waals surface area contributed by atoms with E-state index in [4.69, 9.17) is 0 Å². The molecule has 80 valence electrons. The lowest BCUT2D eigenvalue weighted by Gasteiger charge is -2.03. The van der Waals surface area contributed by atoms with Gasteiger partial charge in [0.05, 0.1) is 11.9 Å². The summed E-state index contributed by atoms with van der Waals surface area (Å²) in [6, 6.07) is 5.95. The van der Waals surface area contributed by atoms with Gasteiger partial charge in [0.1, 0.15) is 0 Å². The molecule has 4 heteroatoms. The molecule has 0 aliphatic carbocycles. The van der Waals surface area contributed by atoms with Crippen LogP contribution in [-0.4, -0.2) is 4.57 Å². The van der Waals surface area contributed by atoms with Crippen LogP contribution in [0.4, 0.5) is 0 Å². The van der Waals surface area contributed by atoms with Crippen molar-refractivity contribution in [3.8, 4) is 0 Å². The van der Waals surface area contributed by atoms with Crippen LogP contribution in [0.15, 0.2) is 45.3 Å². The highest BCUT2D eigenvalue weighted by atomic mass is 32.1. The molecule has 0 N–H and O–H groups in total. The summed E-state index contributed by atoms with van der Waals surface area (Å²) >= 11 is 3.26. The quantitative estimate of drug-likeness (QED) is 0.681. The molecule has 0 aliphatic rings. The zero-order chi connectivity index (χ0) is 11.0. The van der Waals surface area contributed by atoms with Crippen molar-refractivity contribution in [2.24, 2.45) is 0 Å². The van der Waals surface area contributed by atoms with Crippen LogP contribution < -0.4 is 5.56 Å². The molecule has 2 nitrogen and oxygen atoms in total. The molecule has 3 aromatic rings. The fourth-order valence-corrected chi connectivity index (χ4v) is 3.14. The first-order valence-corrected chi connectivity index (χ1v) is 6.74. The van der Waals surface area contributed by atoms with Crippen molar-refractivity contribution >= 4 is 32.8 Å². The van der Waals surface area contributed by atoms with Crippen LogP contribution in [0.5, 0.6) is 0 Å². The maximum absolute atomic E-state index is 12.1. The molecule has 0 spiro atoms. The Morgan fingerprint density at radius 1 is 1.19 bits per heavy atom. The molecule has 0 radical (unpaired) electrons. The van der Waals surface area contributed by atoms with E-state index in [9.17, 15) is 4.79 Å².